The summed E-state index contributed by atoms with van der Waals surface area (Å²) in [6.45, 7) is 0.453. The van der Waals surface area contributed by atoms with Gasteiger partial charge in [-0.05, 0) is 25.7 Å². The van der Waals surface area contributed by atoms with E-state index >= 15 is 0 Å². The minimum absolute atomic E-state index is 0.227. The normalized spacial score (nSPS) is 9.38. The van der Waals surface area contributed by atoms with Crippen LogP contribution in [0.2, 0.25) is 0 Å². The molecule has 0 saturated heterocycles. The maximum absolute atomic E-state index is 10.4. The molecule has 0 fully saturated rings. The van der Waals surface area contributed by atoms with Crippen LogP contribution in [0.15, 0.2) is 0 Å². The Kier molecular flexibility index (Phi) is 9.03. The number of ether oxygens (including phenoxy) is 2. The fourth-order valence-corrected chi connectivity index (χ4v) is 0.952. The molecule has 0 rings (SSSR count). The van der Waals surface area contributed by atoms with E-state index in [1.54, 1.807) is 0 Å². The van der Waals surface area contributed by atoms with Gasteiger partial charge >= 0.3 is 12.2 Å². The number of hydrogen-bond donors (Lipinski definition) is 4. The zero-order chi connectivity index (χ0) is 12.2. The Morgan fingerprint density at radius 2 is 1.19 bits per heavy atom. The van der Waals surface area contributed by atoms with Crippen molar-refractivity contribution >= 4 is 12.2 Å². The van der Waals surface area contributed by atoms with Crippen molar-refractivity contribution in [3.63, 3.8) is 0 Å². The lowest BCUT2D eigenvalue weighted by Crippen LogP contribution is -2.20. The third kappa shape index (κ3) is 9.03. The molecule has 0 unspecified atom stereocenters. The molecule has 0 atom stereocenters. The Bertz CT molecular complexity index is 189. The summed E-state index contributed by atoms with van der Waals surface area (Å²) in [5.74, 6) is 0. The van der Waals surface area contributed by atoms with E-state index in [9.17, 15) is 9.59 Å². The van der Waals surface area contributed by atoms with Crippen molar-refractivity contribution in [3.8, 4) is 0 Å². The summed E-state index contributed by atoms with van der Waals surface area (Å²) in [5.41, 5.74) is 2.69. The standard InChI is InChI=1S/C8H16N2O6/c11-7(9-13)15-5-3-1-2-4-6-16-8(12)10-14/h13-14H,1-6H2,(H,9,11)(H,10,12). The van der Waals surface area contributed by atoms with Crippen LogP contribution in [0.25, 0.3) is 0 Å². The average Bonchev–Trinajstić information content (AvgIpc) is 2.31. The molecule has 0 spiro atoms. The summed E-state index contributed by atoms with van der Waals surface area (Å²) < 4.78 is 9.05. The van der Waals surface area contributed by atoms with Gasteiger partial charge in [0.2, 0.25) is 0 Å². The van der Waals surface area contributed by atoms with Gasteiger partial charge in [0, 0.05) is 0 Å². The number of carbonyl (C=O) groups is 2. The number of unbranched alkanes of at least 4 members (excludes halogenated alkanes) is 3. The molecule has 0 radical (unpaired) electrons. The van der Waals surface area contributed by atoms with Crippen LogP contribution in [-0.4, -0.2) is 35.8 Å². The van der Waals surface area contributed by atoms with Crippen LogP contribution in [0, 0.1) is 0 Å². The number of carbonyl (C=O) groups excluding carboxylic acids is 2. The molecule has 8 heteroatoms. The van der Waals surface area contributed by atoms with Gasteiger partial charge in [-0.15, -0.1) is 0 Å². The van der Waals surface area contributed by atoms with E-state index in [0.717, 1.165) is 12.8 Å². The first-order valence-electron chi connectivity index (χ1n) is 4.84. The molecular weight excluding hydrogens is 220 g/mol. The highest BCUT2D eigenvalue weighted by Gasteiger charge is 1.99. The highest BCUT2D eigenvalue weighted by atomic mass is 16.6. The van der Waals surface area contributed by atoms with Crippen molar-refractivity contribution in [1.29, 1.82) is 0 Å². The van der Waals surface area contributed by atoms with Gasteiger partial charge in [-0.3, -0.25) is 10.4 Å². The molecule has 0 heterocycles. The zero-order valence-corrected chi connectivity index (χ0v) is 8.77. The summed E-state index contributed by atoms with van der Waals surface area (Å²) in [4.78, 5) is 20.8. The molecule has 2 amide bonds. The Balaban J connectivity index is 3.10. The lowest BCUT2D eigenvalue weighted by Gasteiger charge is -2.04. The molecule has 0 aromatic carbocycles. The van der Waals surface area contributed by atoms with Crippen LogP contribution in [0.4, 0.5) is 9.59 Å². The molecular formula is C8H16N2O6. The summed E-state index contributed by atoms with van der Waals surface area (Å²) >= 11 is 0. The van der Waals surface area contributed by atoms with E-state index in [4.69, 9.17) is 10.4 Å². The van der Waals surface area contributed by atoms with Crippen molar-refractivity contribution in [2.45, 2.75) is 25.7 Å². The first-order valence-corrected chi connectivity index (χ1v) is 4.84. The van der Waals surface area contributed by atoms with E-state index < -0.39 is 12.2 Å². The van der Waals surface area contributed by atoms with Gasteiger partial charge in [-0.25, -0.2) is 20.5 Å². The molecule has 8 nitrogen and oxygen atoms in total. The summed E-state index contributed by atoms with van der Waals surface area (Å²) in [5, 5.41) is 16.2. The number of amides is 2. The molecule has 0 aliphatic heterocycles. The SMILES string of the molecule is O=C(NO)OCCCCCCOC(=O)NO. The van der Waals surface area contributed by atoms with E-state index in [0.29, 0.717) is 12.8 Å². The van der Waals surface area contributed by atoms with Crippen LogP contribution in [0.5, 0.6) is 0 Å². The van der Waals surface area contributed by atoms with Crippen LogP contribution in [0.1, 0.15) is 25.7 Å². The number of hydrogen-bond acceptors (Lipinski definition) is 6. The minimum Gasteiger partial charge on any atom is -0.448 e. The van der Waals surface area contributed by atoms with Gasteiger partial charge in [0.1, 0.15) is 0 Å². The zero-order valence-electron chi connectivity index (χ0n) is 8.77. The van der Waals surface area contributed by atoms with Gasteiger partial charge in [0.25, 0.3) is 0 Å². The third-order valence-corrected chi connectivity index (χ3v) is 1.69. The van der Waals surface area contributed by atoms with E-state index in [2.05, 4.69) is 9.47 Å². The monoisotopic (exact) mass is 236 g/mol. The van der Waals surface area contributed by atoms with E-state index in [1.807, 2.05) is 0 Å². The summed E-state index contributed by atoms with van der Waals surface area (Å²) in [6.07, 6.45) is 1.20. The lowest BCUT2D eigenvalue weighted by atomic mass is 10.2. The largest absolute Gasteiger partial charge is 0.448 e. The fraction of sp³-hybridized carbons (Fsp3) is 0.750. The van der Waals surface area contributed by atoms with Crippen molar-refractivity contribution in [2.75, 3.05) is 13.2 Å². The van der Waals surface area contributed by atoms with Gasteiger partial charge < -0.3 is 9.47 Å². The second-order valence-electron chi connectivity index (χ2n) is 2.91. The molecule has 0 aliphatic carbocycles. The van der Waals surface area contributed by atoms with E-state index in [1.165, 1.54) is 11.0 Å². The van der Waals surface area contributed by atoms with Crippen LogP contribution >= 0.6 is 0 Å². The molecule has 0 aromatic heterocycles. The van der Waals surface area contributed by atoms with Crippen molar-refractivity contribution in [2.24, 2.45) is 0 Å². The Morgan fingerprint density at radius 3 is 1.50 bits per heavy atom. The lowest BCUT2D eigenvalue weighted by molar-refractivity contribution is 0.0849. The minimum atomic E-state index is -0.872. The molecule has 0 aliphatic rings. The Morgan fingerprint density at radius 1 is 0.812 bits per heavy atom. The number of rotatable bonds is 7. The second kappa shape index (κ2) is 9.99. The predicted octanol–water partition coefficient (Wildman–Crippen LogP) is 0.778. The van der Waals surface area contributed by atoms with Crippen LogP contribution in [0.3, 0.4) is 0 Å². The smallest absolute Gasteiger partial charge is 0.431 e. The quantitative estimate of drug-likeness (QED) is 0.295. The highest BCUT2D eigenvalue weighted by molar-refractivity contribution is 5.65. The summed E-state index contributed by atoms with van der Waals surface area (Å²) in [6, 6.07) is 0. The highest BCUT2D eigenvalue weighted by Crippen LogP contribution is 2.00. The molecule has 94 valence electrons. The van der Waals surface area contributed by atoms with Crippen LogP contribution < -0.4 is 11.0 Å². The third-order valence-electron chi connectivity index (χ3n) is 1.69. The molecule has 0 saturated carbocycles. The summed E-state index contributed by atoms with van der Waals surface area (Å²) in [7, 11) is 0. The predicted molar refractivity (Wildman–Crippen MR) is 51.0 cm³/mol. The molecule has 16 heavy (non-hydrogen) atoms. The molecule has 4 N–H and O–H groups in total. The number of nitrogens with one attached hydrogen (secondary N) is 2. The first kappa shape index (κ1) is 14.5. The average molecular weight is 236 g/mol. The van der Waals surface area contributed by atoms with Crippen molar-refractivity contribution < 1.29 is 29.5 Å². The van der Waals surface area contributed by atoms with Crippen LogP contribution in [-0.2, 0) is 9.47 Å². The van der Waals surface area contributed by atoms with Crippen molar-refractivity contribution in [1.82, 2.24) is 11.0 Å². The maximum atomic E-state index is 10.4. The first-order chi connectivity index (χ1) is 7.70. The Labute approximate surface area is 92.4 Å². The van der Waals surface area contributed by atoms with Gasteiger partial charge in [-0.1, -0.05) is 0 Å². The topological polar surface area (TPSA) is 117 Å². The van der Waals surface area contributed by atoms with Crippen molar-refractivity contribution in [3.05, 3.63) is 0 Å². The van der Waals surface area contributed by atoms with Gasteiger partial charge in [0.05, 0.1) is 13.2 Å². The molecule has 0 bridgehead atoms. The molecule has 0 aromatic rings. The second-order valence-corrected chi connectivity index (χ2v) is 2.91. The Hall–Kier alpha value is -1.54. The maximum Gasteiger partial charge on any atom is 0.431 e. The van der Waals surface area contributed by atoms with E-state index in [-0.39, 0.29) is 13.2 Å². The number of hydroxylamine groups is 2. The fourth-order valence-electron chi connectivity index (χ4n) is 0.952. The van der Waals surface area contributed by atoms with Gasteiger partial charge in [0.15, 0.2) is 0 Å². The van der Waals surface area contributed by atoms with Gasteiger partial charge in [-0.2, -0.15) is 0 Å².